The van der Waals surface area contributed by atoms with Crippen LogP contribution in [0.15, 0.2) is 0 Å². The summed E-state index contributed by atoms with van der Waals surface area (Å²) in [5, 5.41) is 2.93. The molecule has 0 radical (unpaired) electrons. The van der Waals surface area contributed by atoms with Crippen LogP contribution < -0.4 is 5.32 Å². The Hall–Kier alpha value is -1.06. The van der Waals surface area contributed by atoms with Crippen molar-refractivity contribution in [2.45, 2.75) is 51.1 Å². The first-order chi connectivity index (χ1) is 7.16. The number of nitrogens with one attached hydrogen (secondary N) is 1. The lowest BCUT2D eigenvalue weighted by atomic mass is 10.3. The van der Waals surface area contributed by atoms with Crippen LogP contribution in [-0.4, -0.2) is 35.3 Å². The standard InChI is InChI=1S/C11H18N2O2/c1-8(14)13(10-4-5-10)7-6-11(15)12-9-2-3-9/h9-10H,2-7H2,1H3,(H,12,15). The van der Waals surface area contributed by atoms with Crippen molar-refractivity contribution in [1.29, 1.82) is 0 Å². The topological polar surface area (TPSA) is 49.4 Å². The number of amides is 2. The molecular formula is C11H18N2O2. The van der Waals surface area contributed by atoms with Gasteiger partial charge in [-0.15, -0.1) is 0 Å². The Balaban J connectivity index is 1.69. The molecule has 2 aliphatic carbocycles. The SMILES string of the molecule is CC(=O)N(CCC(=O)NC1CC1)C1CC1. The van der Waals surface area contributed by atoms with Crippen molar-refractivity contribution < 1.29 is 9.59 Å². The molecule has 2 aliphatic rings. The van der Waals surface area contributed by atoms with E-state index in [0.717, 1.165) is 25.7 Å². The second-order valence-electron chi connectivity index (χ2n) is 4.54. The highest BCUT2D eigenvalue weighted by Crippen LogP contribution is 2.27. The van der Waals surface area contributed by atoms with E-state index in [4.69, 9.17) is 0 Å². The number of carbonyl (C=O) groups is 2. The van der Waals surface area contributed by atoms with E-state index in [1.165, 1.54) is 0 Å². The van der Waals surface area contributed by atoms with Crippen LogP contribution in [0.3, 0.4) is 0 Å². The van der Waals surface area contributed by atoms with Crippen LogP contribution in [0.2, 0.25) is 0 Å². The van der Waals surface area contributed by atoms with Crippen molar-refractivity contribution in [1.82, 2.24) is 10.2 Å². The zero-order valence-electron chi connectivity index (χ0n) is 9.16. The van der Waals surface area contributed by atoms with Gasteiger partial charge in [-0.3, -0.25) is 9.59 Å². The normalized spacial score (nSPS) is 19.8. The molecule has 2 saturated carbocycles. The zero-order valence-corrected chi connectivity index (χ0v) is 9.16. The van der Waals surface area contributed by atoms with E-state index in [9.17, 15) is 9.59 Å². The third-order valence-corrected chi connectivity index (χ3v) is 2.91. The minimum absolute atomic E-state index is 0.0874. The monoisotopic (exact) mass is 210 g/mol. The summed E-state index contributed by atoms with van der Waals surface area (Å²) in [5.74, 6) is 0.182. The van der Waals surface area contributed by atoms with Crippen LogP contribution in [-0.2, 0) is 9.59 Å². The van der Waals surface area contributed by atoms with Crippen LogP contribution >= 0.6 is 0 Å². The maximum absolute atomic E-state index is 11.4. The van der Waals surface area contributed by atoms with E-state index >= 15 is 0 Å². The first-order valence-corrected chi connectivity index (χ1v) is 5.73. The summed E-state index contributed by atoms with van der Waals surface area (Å²) >= 11 is 0. The second kappa shape index (κ2) is 4.21. The molecule has 2 rings (SSSR count). The lowest BCUT2D eigenvalue weighted by Crippen LogP contribution is -2.35. The lowest BCUT2D eigenvalue weighted by Gasteiger charge is -2.19. The smallest absolute Gasteiger partial charge is 0.221 e. The van der Waals surface area contributed by atoms with E-state index in [1.807, 2.05) is 4.90 Å². The molecule has 2 amide bonds. The molecule has 4 nitrogen and oxygen atoms in total. The van der Waals surface area contributed by atoms with Gasteiger partial charge in [-0.05, 0) is 25.7 Å². The van der Waals surface area contributed by atoms with E-state index in [2.05, 4.69) is 5.32 Å². The molecule has 0 aromatic heterocycles. The van der Waals surface area contributed by atoms with Crippen molar-refractivity contribution in [3.8, 4) is 0 Å². The summed E-state index contributed by atoms with van der Waals surface area (Å²) < 4.78 is 0. The Morgan fingerprint density at radius 1 is 1.27 bits per heavy atom. The minimum Gasteiger partial charge on any atom is -0.353 e. The Morgan fingerprint density at radius 3 is 2.40 bits per heavy atom. The Kier molecular flexibility index (Phi) is 2.93. The summed E-state index contributed by atoms with van der Waals surface area (Å²) in [4.78, 5) is 24.5. The first-order valence-electron chi connectivity index (χ1n) is 5.73. The van der Waals surface area contributed by atoms with Gasteiger partial charge in [-0.2, -0.15) is 0 Å². The fourth-order valence-corrected chi connectivity index (χ4v) is 1.73. The van der Waals surface area contributed by atoms with Crippen molar-refractivity contribution in [3.63, 3.8) is 0 Å². The molecule has 0 spiro atoms. The molecule has 0 aromatic rings. The summed E-state index contributed by atoms with van der Waals surface area (Å²) in [6.45, 7) is 2.16. The number of nitrogens with zero attached hydrogens (tertiary/aromatic N) is 1. The molecule has 0 aromatic carbocycles. The molecule has 84 valence electrons. The van der Waals surface area contributed by atoms with E-state index in [1.54, 1.807) is 6.92 Å². The molecule has 1 N–H and O–H groups in total. The zero-order chi connectivity index (χ0) is 10.8. The van der Waals surface area contributed by atoms with Gasteiger partial charge in [0.2, 0.25) is 11.8 Å². The number of hydrogen-bond donors (Lipinski definition) is 1. The third-order valence-electron chi connectivity index (χ3n) is 2.91. The average molecular weight is 210 g/mol. The summed E-state index contributed by atoms with van der Waals surface area (Å²) in [6, 6.07) is 0.834. The maximum atomic E-state index is 11.4. The number of carbonyl (C=O) groups excluding carboxylic acids is 2. The molecular weight excluding hydrogens is 192 g/mol. The van der Waals surface area contributed by atoms with Crippen LogP contribution in [0.4, 0.5) is 0 Å². The van der Waals surface area contributed by atoms with Gasteiger partial charge in [0.05, 0.1) is 0 Å². The van der Waals surface area contributed by atoms with Gasteiger partial charge >= 0.3 is 0 Å². The maximum Gasteiger partial charge on any atom is 0.221 e. The molecule has 2 fully saturated rings. The highest BCUT2D eigenvalue weighted by molar-refractivity contribution is 5.78. The summed E-state index contributed by atoms with van der Waals surface area (Å²) in [7, 11) is 0. The van der Waals surface area contributed by atoms with E-state index in [-0.39, 0.29) is 11.8 Å². The molecule has 0 bridgehead atoms. The fourth-order valence-electron chi connectivity index (χ4n) is 1.73. The van der Waals surface area contributed by atoms with Crippen LogP contribution in [0.5, 0.6) is 0 Å². The number of hydrogen-bond acceptors (Lipinski definition) is 2. The minimum atomic E-state index is 0.0874. The lowest BCUT2D eigenvalue weighted by molar-refractivity contribution is -0.130. The Morgan fingerprint density at radius 2 is 1.93 bits per heavy atom. The fraction of sp³-hybridized carbons (Fsp3) is 0.818. The van der Waals surface area contributed by atoms with Crippen molar-refractivity contribution in [2.75, 3.05) is 6.54 Å². The predicted molar refractivity (Wildman–Crippen MR) is 56.2 cm³/mol. The van der Waals surface area contributed by atoms with Crippen LogP contribution in [0.1, 0.15) is 39.0 Å². The second-order valence-corrected chi connectivity index (χ2v) is 4.54. The average Bonchev–Trinajstić information content (AvgIpc) is 2.96. The highest BCUT2D eigenvalue weighted by Gasteiger charge is 2.31. The van der Waals surface area contributed by atoms with Crippen molar-refractivity contribution >= 4 is 11.8 Å². The van der Waals surface area contributed by atoms with Crippen LogP contribution in [0.25, 0.3) is 0 Å². The van der Waals surface area contributed by atoms with Gasteiger partial charge in [0.25, 0.3) is 0 Å². The van der Waals surface area contributed by atoms with Crippen molar-refractivity contribution in [2.24, 2.45) is 0 Å². The van der Waals surface area contributed by atoms with Gasteiger partial charge in [0.1, 0.15) is 0 Å². The van der Waals surface area contributed by atoms with Gasteiger partial charge < -0.3 is 10.2 Å². The molecule has 0 aliphatic heterocycles. The molecule has 4 heteroatoms. The third kappa shape index (κ3) is 3.22. The molecule has 0 unspecified atom stereocenters. The first kappa shape index (κ1) is 10.5. The van der Waals surface area contributed by atoms with Gasteiger partial charge in [-0.1, -0.05) is 0 Å². The Bertz CT molecular complexity index is 270. The summed E-state index contributed by atoms with van der Waals surface area (Å²) in [6.07, 6.45) is 4.88. The molecule has 0 saturated heterocycles. The highest BCUT2D eigenvalue weighted by atomic mass is 16.2. The number of rotatable bonds is 5. The van der Waals surface area contributed by atoms with E-state index in [0.29, 0.717) is 25.0 Å². The van der Waals surface area contributed by atoms with Gasteiger partial charge in [0, 0.05) is 32.0 Å². The molecule has 0 atom stereocenters. The Labute approximate surface area is 90.0 Å². The van der Waals surface area contributed by atoms with Crippen molar-refractivity contribution in [3.05, 3.63) is 0 Å². The summed E-state index contributed by atoms with van der Waals surface area (Å²) in [5.41, 5.74) is 0. The largest absolute Gasteiger partial charge is 0.353 e. The van der Waals surface area contributed by atoms with Crippen LogP contribution in [0, 0.1) is 0 Å². The van der Waals surface area contributed by atoms with Gasteiger partial charge in [-0.25, -0.2) is 0 Å². The molecule has 0 heterocycles. The van der Waals surface area contributed by atoms with E-state index < -0.39 is 0 Å². The molecule has 15 heavy (non-hydrogen) atoms. The van der Waals surface area contributed by atoms with Gasteiger partial charge in [0.15, 0.2) is 0 Å². The predicted octanol–water partition coefficient (Wildman–Crippen LogP) is 0.666. The quantitative estimate of drug-likeness (QED) is 0.725.